The first kappa shape index (κ1) is 19.9. The van der Waals surface area contributed by atoms with Crippen LogP contribution >= 0.6 is 11.3 Å². The number of fused-ring (bicyclic) bond motifs is 1. The van der Waals surface area contributed by atoms with Crippen molar-refractivity contribution in [3.63, 3.8) is 0 Å². The van der Waals surface area contributed by atoms with E-state index in [1.165, 1.54) is 22.2 Å². The molecule has 8 heteroatoms. The SMILES string of the molecule is CCOC(=O)c1sc2ncn(CCOc3ccc(OCC)cc3)c(=O)c2c1C. The summed E-state index contributed by atoms with van der Waals surface area (Å²) in [5, 5.41) is 0.455. The summed E-state index contributed by atoms with van der Waals surface area (Å²) in [5.41, 5.74) is 0.419. The fourth-order valence-electron chi connectivity index (χ4n) is 2.77. The minimum atomic E-state index is -0.423. The van der Waals surface area contributed by atoms with E-state index in [1.54, 1.807) is 13.8 Å². The number of hydrogen-bond acceptors (Lipinski definition) is 7. The van der Waals surface area contributed by atoms with Crippen LogP contribution in [0.5, 0.6) is 11.5 Å². The largest absolute Gasteiger partial charge is 0.494 e. The number of carbonyl (C=O) groups excluding carboxylic acids is 1. The van der Waals surface area contributed by atoms with E-state index < -0.39 is 5.97 Å². The Kier molecular flexibility index (Phi) is 6.30. The molecule has 0 atom stereocenters. The van der Waals surface area contributed by atoms with Crippen LogP contribution in [0.4, 0.5) is 0 Å². The van der Waals surface area contributed by atoms with E-state index in [9.17, 15) is 9.59 Å². The van der Waals surface area contributed by atoms with Crippen LogP contribution in [-0.2, 0) is 11.3 Å². The molecule has 0 bridgehead atoms. The van der Waals surface area contributed by atoms with Gasteiger partial charge in [-0.15, -0.1) is 11.3 Å². The minimum absolute atomic E-state index is 0.190. The fraction of sp³-hybridized carbons (Fsp3) is 0.350. The molecular weight excluding hydrogens is 380 g/mol. The third-order valence-corrected chi connectivity index (χ3v) is 5.29. The van der Waals surface area contributed by atoms with Gasteiger partial charge < -0.3 is 14.2 Å². The van der Waals surface area contributed by atoms with Gasteiger partial charge in [-0.2, -0.15) is 0 Å². The number of hydrogen-bond donors (Lipinski definition) is 0. The van der Waals surface area contributed by atoms with Crippen molar-refractivity contribution in [3.8, 4) is 11.5 Å². The molecule has 0 saturated heterocycles. The maximum Gasteiger partial charge on any atom is 0.348 e. The molecule has 0 radical (unpaired) electrons. The summed E-state index contributed by atoms with van der Waals surface area (Å²) in [6, 6.07) is 7.32. The first-order chi connectivity index (χ1) is 13.5. The van der Waals surface area contributed by atoms with Crippen LogP contribution in [0, 0.1) is 6.92 Å². The van der Waals surface area contributed by atoms with E-state index in [-0.39, 0.29) is 12.2 Å². The third-order valence-electron chi connectivity index (χ3n) is 4.11. The second kappa shape index (κ2) is 8.88. The van der Waals surface area contributed by atoms with Crippen molar-refractivity contribution in [2.24, 2.45) is 0 Å². The summed E-state index contributed by atoms with van der Waals surface area (Å²) < 4.78 is 17.6. The maximum atomic E-state index is 12.8. The average molecular weight is 402 g/mol. The van der Waals surface area contributed by atoms with E-state index >= 15 is 0 Å². The summed E-state index contributed by atoms with van der Waals surface area (Å²) in [4.78, 5) is 30.1. The molecule has 0 saturated carbocycles. The van der Waals surface area contributed by atoms with Crippen molar-refractivity contribution in [1.29, 1.82) is 0 Å². The number of nitrogens with zero attached hydrogens (tertiary/aromatic N) is 2. The Labute approximate surface area is 166 Å². The number of rotatable bonds is 8. The second-order valence-corrected chi connectivity index (χ2v) is 6.95. The van der Waals surface area contributed by atoms with Crippen LogP contribution < -0.4 is 15.0 Å². The molecule has 0 spiro atoms. The third kappa shape index (κ3) is 4.17. The molecule has 0 fully saturated rings. The first-order valence-electron chi connectivity index (χ1n) is 9.06. The smallest absolute Gasteiger partial charge is 0.348 e. The van der Waals surface area contributed by atoms with Crippen molar-refractivity contribution in [1.82, 2.24) is 9.55 Å². The van der Waals surface area contributed by atoms with Gasteiger partial charge in [0.2, 0.25) is 0 Å². The normalized spacial score (nSPS) is 10.8. The fourth-order valence-corrected chi connectivity index (χ4v) is 3.80. The van der Waals surface area contributed by atoms with E-state index in [0.717, 1.165) is 5.75 Å². The molecule has 0 amide bonds. The van der Waals surface area contributed by atoms with Gasteiger partial charge in [0.15, 0.2) is 0 Å². The number of esters is 1. The summed E-state index contributed by atoms with van der Waals surface area (Å²) in [7, 11) is 0. The van der Waals surface area contributed by atoms with Crippen LogP contribution in [0.25, 0.3) is 10.2 Å². The molecular formula is C20H22N2O5S. The molecule has 0 unspecified atom stereocenters. The molecule has 3 aromatic rings. The van der Waals surface area contributed by atoms with Gasteiger partial charge in [-0.25, -0.2) is 9.78 Å². The van der Waals surface area contributed by atoms with Crippen LogP contribution in [0.15, 0.2) is 35.4 Å². The zero-order valence-electron chi connectivity index (χ0n) is 16.1. The number of benzene rings is 1. The molecule has 28 heavy (non-hydrogen) atoms. The number of aromatic nitrogens is 2. The number of thiophene rings is 1. The van der Waals surface area contributed by atoms with Crippen molar-refractivity contribution in [3.05, 3.63) is 51.4 Å². The van der Waals surface area contributed by atoms with E-state index in [1.807, 2.05) is 31.2 Å². The maximum absolute atomic E-state index is 12.8. The summed E-state index contributed by atoms with van der Waals surface area (Å²) >= 11 is 1.18. The predicted octanol–water partition coefficient (Wildman–Crippen LogP) is 3.42. The Bertz CT molecular complexity index is 1020. The molecule has 0 aliphatic rings. The highest BCUT2D eigenvalue weighted by atomic mass is 32.1. The van der Waals surface area contributed by atoms with Gasteiger partial charge in [-0.05, 0) is 50.6 Å². The van der Waals surface area contributed by atoms with Crippen LogP contribution in [0.3, 0.4) is 0 Å². The molecule has 7 nitrogen and oxygen atoms in total. The highest BCUT2D eigenvalue weighted by Gasteiger charge is 2.20. The predicted molar refractivity (Wildman–Crippen MR) is 108 cm³/mol. The van der Waals surface area contributed by atoms with Gasteiger partial charge in [-0.1, -0.05) is 0 Å². The van der Waals surface area contributed by atoms with Gasteiger partial charge in [0.25, 0.3) is 5.56 Å². The highest BCUT2D eigenvalue weighted by molar-refractivity contribution is 7.20. The average Bonchev–Trinajstić information content (AvgIpc) is 3.03. The van der Waals surface area contributed by atoms with Gasteiger partial charge in [0, 0.05) is 0 Å². The molecule has 3 rings (SSSR count). The molecule has 2 aromatic heterocycles. The number of ether oxygens (including phenoxy) is 3. The Hall–Kier alpha value is -2.87. The van der Waals surface area contributed by atoms with Crippen molar-refractivity contribution >= 4 is 27.5 Å². The Morgan fingerprint density at radius 3 is 2.43 bits per heavy atom. The number of aryl methyl sites for hydroxylation is 1. The topological polar surface area (TPSA) is 79.7 Å². The number of carbonyl (C=O) groups is 1. The van der Waals surface area contributed by atoms with Gasteiger partial charge in [-0.3, -0.25) is 9.36 Å². The monoisotopic (exact) mass is 402 g/mol. The molecule has 0 aliphatic heterocycles. The van der Waals surface area contributed by atoms with E-state index in [4.69, 9.17) is 14.2 Å². The van der Waals surface area contributed by atoms with Gasteiger partial charge >= 0.3 is 5.97 Å². The molecule has 148 valence electrons. The Morgan fingerprint density at radius 1 is 1.11 bits per heavy atom. The molecule has 0 N–H and O–H groups in total. The Morgan fingerprint density at radius 2 is 1.79 bits per heavy atom. The van der Waals surface area contributed by atoms with Crippen LogP contribution in [-0.4, -0.2) is 35.3 Å². The van der Waals surface area contributed by atoms with Gasteiger partial charge in [0.1, 0.15) is 27.8 Å². The lowest BCUT2D eigenvalue weighted by Crippen LogP contribution is -2.23. The zero-order valence-corrected chi connectivity index (χ0v) is 16.9. The van der Waals surface area contributed by atoms with E-state index in [0.29, 0.717) is 46.2 Å². The Balaban J connectivity index is 1.73. The summed E-state index contributed by atoms with van der Waals surface area (Å²) in [6.07, 6.45) is 1.48. The lowest BCUT2D eigenvalue weighted by molar-refractivity contribution is 0.0531. The summed E-state index contributed by atoms with van der Waals surface area (Å²) in [5.74, 6) is 1.06. The molecule has 1 aromatic carbocycles. The van der Waals surface area contributed by atoms with Crippen molar-refractivity contribution < 1.29 is 19.0 Å². The second-order valence-electron chi connectivity index (χ2n) is 5.95. The van der Waals surface area contributed by atoms with Gasteiger partial charge in [0.05, 0.1) is 31.5 Å². The lowest BCUT2D eigenvalue weighted by atomic mass is 10.2. The van der Waals surface area contributed by atoms with E-state index in [2.05, 4.69) is 4.98 Å². The lowest BCUT2D eigenvalue weighted by Gasteiger charge is -2.09. The van der Waals surface area contributed by atoms with Crippen LogP contribution in [0.2, 0.25) is 0 Å². The zero-order chi connectivity index (χ0) is 20.1. The highest BCUT2D eigenvalue weighted by Crippen LogP contribution is 2.27. The quantitative estimate of drug-likeness (QED) is 0.537. The standard InChI is InChI=1S/C20H22N2O5S/c1-4-25-14-6-8-15(9-7-14)27-11-10-22-12-21-18-16(19(22)23)13(3)17(28-18)20(24)26-5-2/h6-9,12H,4-5,10-11H2,1-3H3. The first-order valence-corrected chi connectivity index (χ1v) is 9.88. The summed E-state index contributed by atoms with van der Waals surface area (Å²) in [6.45, 7) is 6.97. The molecule has 0 aliphatic carbocycles. The van der Waals surface area contributed by atoms with Crippen molar-refractivity contribution in [2.45, 2.75) is 27.3 Å². The van der Waals surface area contributed by atoms with Crippen LogP contribution in [0.1, 0.15) is 29.1 Å². The minimum Gasteiger partial charge on any atom is -0.494 e. The molecule has 2 heterocycles. The van der Waals surface area contributed by atoms with Crippen molar-refractivity contribution in [2.75, 3.05) is 19.8 Å².